The molecule has 11 nitrogen and oxygen atoms in total. The molecule has 3 amide bonds. The highest BCUT2D eigenvalue weighted by atomic mass is 35.5. The fourth-order valence-corrected chi connectivity index (χ4v) is 7.96. The Labute approximate surface area is 289 Å². The van der Waals surface area contributed by atoms with Crippen LogP contribution in [0.25, 0.3) is 10.8 Å². The molecular formula is C37H40ClN7O4. The minimum atomic E-state index is -0.379. The number of anilines is 1. The van der Waals surface area contributed by atoms with Gasteiger partial charge in [-0.3, -0.25) is 29.5 Å². The molecule has 0 radical (unpaired) electrons. The summed E-state index contributed by atoms with van der Waals surface area (Å²) in [5, 5.41) is 12.1. The number of likely N-dealkylation sites (N-methyl/N-ethyl adjacent to an activating group) is 1. The maximum atomic E-state index is 13.5. The van der Waals surface area contributed by atoms with Gasteiger partial charge in [-0.2, -0.15) is 5.10 Å². The van der Waals surface area contributed by atoms with Crippen molar-refractivity contribution < 1.29 is 14.4 Å². The molecule has 2 N–H and O–H groups in total. The summed E-state index contributed by atoms with van der Waals surface area (Å²) >= 11 is 6.31. The van der Waals surface area contributed by atoms with E-state index in [1.165, 1.54) is 15.8 Å². The Morgan fingerprint density at radius 1 is 0.918 bits per heavy atom. The van der Waals surface area contributed by atoms with E-state index in [1.807, 2.05) is 23.2 Å². The van der Waals surface area contributed by atoms with Crippen molar-refractivity contribution in [1.29, 1.82) is 0 Å². The zero-order valence-electron chi connectivity index (χ0n) is 27.7. The highest BCUT2D eigenvalue weighted by molar-refractivity contribution is 6.32. The van der Waals surface area contributed by atoms with Gasteiger partial charge in [-0.05, 0) is 84.8 Å². The molecule has 12 heteroatoms. The monoisotopic (exact) mass is 681 g/mol. The first-order valence-electron chi connectivity index (χ1n) is 16.9. The molecule has 1 unspecified atom stereocenters. The third kappa shape index (κ3) is 6.82. The molecular weight excluding hydrogens is 642 g/mol. The van der Waals surface area contributed by atoms with Crippen molar-refractivity contribution in [2.45, 2.75) is 55.9 Å². The minimum absolute atomic E-state index is 0.0506. The van der Waals surface area contributed by atoms with Crippen molar-refractivity contribution in [3.8, 4) is 0 Å². The normalized spacial score (nSPS) is 22.3. The van der Waals surface area contributed by atoms with Crippen LogP contribution in [-0.4, -0.2) is 81.6 Å². The lowest BCUT2D eigenvalue weighted by atomic mass is 9.85. The van der Waals surface area contributed by atoms with Crippen molar-refractivity contribution in [1.82, 2.24) is 29.9 Å². The molecule has 5 heterocycles. The van der Waals surface area contributed by atoms with Gasteiger partial charge in [0.05, 0.1) is 17.8 Å². The van der Waals surface area contributed by atoms with Gasteiger partial charge in [-0.25, -0.2) is 4.68 Å². The van der Waals surface area contributed by atoms with Gasteiger partial charge in [0.15, 0.2) is 0 Å². The molecule has 254 valence electrons. The number of imide groups is 1. The Hall–Kier alpha value is -4.61. The topological polar surface area (TPSA) is 130 Å². The van der Waals surface area contributed by atoms with Crippen LogP contribution in [0.3, 0.4) is 0 Å². The number of hydrogen-bond acceptors (Lipinski definition) is 8. The zero-order chi connectivity index (χ0) is 34.2. The largest absolute Gasteiger partial charge is 0.378 e. The summed E-state index contributed by atoms with van der Waals surface area (Å²) < 4.78 is 1.22. The fraction of sp³-hybridized carbons (Fsp3) is 0.405. The van der Waals surface area contributed by atoms with E-state index in [-0.39, 0.29) is 46.2 Å². The smallest absolute Gasteiger partial charge is 0.287 e. The zero-order valence-corrected chi connectivity index (χ0v) is 28.4. The van der Waals surface area contributed by atoms with Gasteiger partial charge < -0.3 is 15.1 Å². The van der Waals surface area contributed by atoms with Crippen LogP contribution in [0, 0.1) is 0 Å². The Bertz CT molecular complexity index is 1970. The number of benzene rings is 2. The summed E-state index contributed by atoms with van der Waals surface area (Å²) in [4.78, 5) is 58.6. The molecule has 2 aromatic carbocycles. The SMILES string of the molecule is CN1C[C@@H](Nc2cnn(C)c(=O)c2Cl)C[C@@H](c2ccc(C(=O)N3CCC(c4ccc5c(C6CCC(=O)NC6=O)cncc5c4)CC3)cc2)C1. The summed E-state index contributed by atoms with van der Waals surface area (Å²) in [6.07, 6.45) is 8.58. The first-order valence-corrected chi connectivity index (χ1v) is 17.3. The van der Waals surface area contributed by atoms with E-state index in [0.29, 0.717) is 43.1 Å². The van der Waals surface area contributed by atoms with Crippen LogP contribution in [-0.2, 0) is 16.6 Å². The molecule has 0 aliphatic carbocycles. The van der Waals surface area contributed by atoms with Crippen molar-refractivity contribution in [2.75, 3.05) is 38.5 Å². The van der Waals surface area contributed by atoms with E-state index < -0.39 is 0 Å². The number of nitrogens with zero attached hydrogens (tertiary/aromatic N) is 5. The van der Waals surface area contributed by atoms with Crippen LogP contribution >= 0.6 is 11.6 Å². The van der Waals surface area contributed by atoms with Gasteiger partial charge >= 0.3 is 0 Å². The molecule has 0 saturated carbocycles. The molecule has 3 aliphatic heterocycles. The Morgan fingerprint density at radius 2 is 1.67 bits per heavy atom. The number of carbonyl (C=O) groups is 3. The van der Waals surface area contributed by atoms with E-state index >= 15 is 0 Å². The lowest BCUT2D eigenvalue weighted by Gasteiger charge is -2.37. The Kier molecular flexibility index (Phi) is 9.21. The number of carbonyl (C=O) groups excluding carboxylic acids is 3. The number of piperidine rings is 3. The number of nitrogens with one attached hydrogen (secondary N) is 2. The summed E-state index contributed by atoms with van der Waals surface area (Å²) in [5.41, 5.74) is 4.15. The lowest BCUT2D eigenvalue weighted by molar-refractivity contribution is -0.134. The summed E-state index contributed by atoms with van der Waals surface area (Å²) in [6.45, 7) is 3.07. The second kappa shape index (κ2) is 13.7. The third-order valence-electron chi connectivity index (χ3n) is 10.4. The maximum absolute atomic E-state index is 13.5. The lowest BCUT2D eigenvalue weighted by Crippen LogP contribution is -2.43. The van der Waals surface area contributed by atoms with Crippen LogP contribution in [0.5, 0.6) is 0 Å². The Morgan fingerprint density at radius 3 is 2.43 bits per heavy atom. The first kappa shape index (κ1) is 32.9. The molecule has 4 aromatic rings. The van der Waals surface area contributed by atoms with Crippen LogP contribution in [0.15, 0.2) is 65.8 Å². The van der Waals surface area contributed by atoms with Crippen LogP contribution in [0.1, 0.15) is 76.9 Å². The standard InChI is InChI=1S/C37H40ClN7O4/c1-43-20-27(16-28(21-43)41-32-19-40-44(2)37(49)34(32)38)22-3-5-24(6-4-22)36(48)45-13-11-23(12-14-45)25-7-8-29-26(15-25)17-39-18-31(29)30-9-10-33(46)42-35(30)47/h3-8,15,17-19,23,27-28,30,41H,9-14,16,20-21H2,1-2H3,(H,42,46,47)/t27-,28+,30?/m1/s1. The van der Waals surface area contributed by atoms with Crippen molar-refractivity contribution in [3.63, 3.8) is 0 Å². The number of aryl methyl sites for hydroxylation is 1. The number of amides is 3. The number of hydrogen-bond donors (Lipinski definition) is 2. The quantitative estimate of drug-likeness (QED) is 0.286. The first-order chi connectivity index (χ1) is 23.6. The number of likely N-dealkylation sites (tertiary alicyclic amines) is 2. The molecule has 49 heavy (non-hydrogen) atoms. The van der Waals surface area contributed by atoms with Gasteiger partial charge in [0.25, 0.3) is 11.5 Å². The van der Waals surface area contributed by atoms with Crippen LogP contribution < -0.4 is 16.2 Å². The number of pyridine rings is 1. The third-order valence-corrected chi connectivity index (χ3v) is 10.7. The molecule has 3 saturated heterocycles. The molecule has 7 rings (SSSR count). The molecule has 0 bridgehead atoms. The Balaban J connectivity index is 0.969. The van der Waals surface area contributed by atoms with Crippen molar-refractivity contribution >= 4 is 45.8 Å². The van der Waals surface area contributed by atoms with E-state index in [9.17, 15) is 19.2 Å². The number of halogens is 1. The summed E-state index contributed by atoms with van der Waals surface area (Å²) in [7, 11) is 3.66. The van der Waals surface area contributed by atoms with E-state index in [0.717, 1.165) is 48.7 Å². The number of rotatable bonds is 6. The summed E-state index contributed by atoms with van der Waals surface area (Å²) in [6, 6.07) is 14.5. The number of aromatic nitrogens is 3. The van der Waals surface area contributed by atoms with E-state index in [1.54, 1.807) is 19.4 Å². The van der Waals surface area contributed by atoms with E-state index in [2.05, 4.69) is 63.0 Å². The fourth-order valence-electron chi connectivity index (χ4n) is 7.73. The summed E-state index contributed by atoms with van der Waals surface area (Å²) in [5.74, 6) is -0.230. The molecule has 3 atom stereocenters. The predicted molar refractivity (Wildman–Crippen MR) is 188 cm³/mol. The highest BCUT2D eigenvalue weighted by Crippen LogP contribution is 2.35. The van der Waals surface area contributed by atoms with Gasteiger partial charge in [0, 0.05) is 69.0 Å². The van der Waals surface area contributed by atoms with Crippen LogP contribution in [0.2, 0.25) is 5.02 Å². The van der Waals surface area contributed by atoms with Gasteiger partial charge in [-0.15, -0.1) is 0 Å². The second-order valence-electron chi connectivity index (χ2n) is 13.7. The van der Waals surface area contributed by atoms with Crippen LogP contribution in [0.4, 0.5) is 5.69 Å². The van der Waals surface area contributed by atoms with Gasteiger partial charge in [-0.1, -0.05) is 35.9 Å². The number of fused-ring (bicyclic) bond motifs is 1. The van der Waals surface area contributed by atoms with Gasteiger partial charge in [0.1, 0.15) is 5.02 Å². The maximum Gasteiger partial charge on any atom is 0.287 e. The molecule has 2 aromatic heterocycles. The molecule has 3 fully saturated rings. The minimum Gasteiger partial charge on any atom is -0.378 e. The van der Waals surface area contributed by atoms with Gasteiger partial charge in [0.2, 0.25) is 11.8 Å². The average Bonchev–Trinajstić information content (AvgIpc) is 3.11. The van der Waals surface area contributed by atoms with E-state index in [4.69, 9.17) is 11.6 Å². The van der Waals surface area contributed by atoms with Crippen molar-refractivity contribution in [2.24, 2.45) is 7.05 Å². The molecule has 3 aliphatic rings. The second-order valence-corrected chi connectivity index (χ2v) is 14.1. The molecule has 0 spiro atoms. The predicted octanol–water partition coefficient (Wildman–Crippen LogP) is 4.42. The average molecular weight is 682 g/mol. The van der Waals surface area contributed by atoms with Crippen molar-refractivity contribution in [3.05, 3.63) is 98.7 Å². The highest BCUT2D eigenvalue weighted by Gasteiger charge is 2.31.